The highest BCUT2D eigenvalue weighted by Crippen LogP contribution is 2.31. The molecule has 2 rings (SSSR count). The van der Waals surface area contributed by atoms with Gasteiger partial charge in [-0.2, -0.15) is 9.40 Å². The molecule has 0 aliphatic rings. The van der Waals surface area contributed by atoms with E-state index in [0.29, 0.717) is 11.3 Å². The van der Waals surface area contributed by atoms with E-state index < -0.39 is 25.9 Å². The summed E-state index contributed by atoms with van der Waals surface area (Å²) in [4.78, 5) is 0.152. The molecule has 1 aromatic carbocycles. The van der Waals surface area contributed by atoms with E-state index in [2.05, 4.69) is 5.10 Å². The van der Waals surface area contributed by atoms with Gasteiger partial charge in [-0.25, -0.2) is 16.8 Å². The van der Waals surface area contributed by atoms with Gasteiger partial charge in [-0.05, 0) is 31.5 Å². The fraction of sp³-hybridized carbons (Fsp3) is 0.400. The maximum atomic E-state index is 12.9. The molecule has 1 atom stereocenters. The van der Waals surface area contributed by atoms with Gasteiger partial charge in [0.2, 0.25) is 10.0 Å². The van der Waals surface area contributed by atoms with Crippen molar-refractivity contribution in [3.8, 4) is 0 Å². The third kappa shape index (κ3) is 3.74. The number of sulfonamides is 1. The maximum Gasteiger partial charge on any atom is 0.248 e. The number of hydrogen-bond acceptors (Lipinski definition) is 5. The molecule has 0 fully saturated rings. The zero-order chi connectivity index (χ0) is 19.2. The van der Waals surface area contributed by atoms with Crippen LogP contribution >= 0.6 is 11.6 Å². The van der Waals surface area contributed by atoms with Gasteiger partial charge >= 0.3 is 0 Å². The van der Waals surface area contributed by atoms with Crippen molar-refractivity contribution in [3.05, 3.63) is 40.7 Å². The van der Waals surface area contributed by atoms with Gasteiger partial charge < -0.3 is 0 Å². The first-order chi connectivity index (χ1) is 11.4. The lowest BCUT2D eigenvalue weighted by molar-refractivity contribution is 0.398. The van der Waals surface area contributed by atoms with Crippen LogP contribution < -0.4 is 0 Å². The second-order valence-corrected chi connectivity index (χ2v) is 10.2. The quantitative estimate of drug-likeness (QED) is 0.760. The predicted octanol–water partition coefficient (Wildman–Crippen LogP) is 2.17. The van der Waals surface area contributed by atoms with Crippen LogP contribution in [0.1, 0.15) is 24.2 Å². The molecule has 0 radical (unpaired) electrons. The Bertz CT molecular complexity index is 996. The molecule has 1 aromatic heterocycles. The van der Waals surface area contributed by atoms with E-state index in [0.717, 1.165) is 6.26 Å². The standard InChI is InChI=1S/C15H20ClN3O4S2/c1-10-14(15(16)18(3)17-10)25(22,23)19(4)11(2)12-6-8-13(9-7-12)24(5,20)21/h6-9,11H,1-5H3. The second-order valence-electron chi connectivity index (χ2n) is 5.87. The third-order valence-electron chi connectivity index (χ3n) is 4.07. The van der Waals surface area contributed by atoms with Gasteiger partial charge in [0.05, 0.1) is 10.6 Å². The first-order valence-corrected chi connectivity index (χ1v) is 11.1. The Morgan fingerprint density at radius 2 is 1.68 bits per heavy atom. The van der Waals surface area contributed by atoms with Crippen molar-refractivity contribution in [2.75, 3.05) is 13.3 Å². The lowest BCUT2D eigenvalue weighted by Crippen LogP contribution is -2.30. The van der Waals surface area contributed by atoms with E-state index in [1.54, 1.807) is 33.0 Å². The van der Waals surface area contributed by atoms with E-state index in [1.807, 2.05) is 0 Å². The van der Waals surface area contributed by atoms with Crippen molar-refractivity contribution < 1.29 is 16.8 Å². The first-order valence-electron chi connectivity index (χ1n) is 7.34. The molecule has 0 amide bonds. The highest BCUT2D eigenvalue weighted by molar-refractivity contribution is 7.90. The molecule has 0 saturated carbocycles. The van der Waals surface area contributed by atoms with Gasteiger partial charge in [0.25, 0.3) is 0 Å². The number of hydrogen-bond donors (Lipinski definition) is 0. The molecule has 0 aliphatic carbocycles. The normalized spacial score (nSPS) is 14.0. The van der Waals surface area contributed by atoms with Crippen LogP contribution in [0, 0.1) is 6.92 Å². The average Bonchev–Trinajstić information content (AvgIpc) is 2.78. The molecule has 1 unspecified atom stereocenters. The fourth-order valence-corrected chi connectivity index (χ4v) is 5.14. The van der Waals surface area contributed by atoms with Crippen LogP contribution in [0.25, 0.3) is 0 Å². The lowest BCUT2D eigenvalue weighted by atomic mass is 10.1. The summed E-state index contributed by atoms with van der Waals surface area (Å²) in [5, 5.41) is 4.09. The van der Waals surface area contributed by atoms with Crippen LogP contribution in [0.4, 0.5) is 0 Å². The summed E-state index contributed by atoms with van der Waals surface area (Å²) in [5.41, 5.74) is 0.982. The largest absolute Gasteiger partial charge is 0.255 e. The van der Waals surface area contributed by atoms with Crippen LogP contribution in [0.3, 0.4) is 0 Å². The van der Waals surface area contributed by atoms with Gasteiger partial charge in [-0.3, -0.25) is 4.68 Å². The van der Waals surface area contributed by atoms with E-state index >= 15 is 0 Å². The molecule has 138 valence electrons. The summed E-state index contributed by atoms with van der Waals surface area (Å²) in [5.74, 6) is 0. The predicted molar refractivity (Wildman–Crippen MR) is 95.9 cm³/mol. The van der Waals surface area contributed by atoms with Gasteiger partial charge in [0.15, 0.2) is 9.84 Å². The Morgan fingerprint density at radius 1 is 1.16 bits per heavy atom. The summed E-state index contributed by atoms with van der Waals surface area (Å²) in [6.45, 7) is 3.30. The molecule has 2 aromatic rings. The van der Waals surface area contributed by atoms with Gasteiger partial charge in [-0.1, -0.05) is 23.7 Å². The summed E-state index contributed by atoms with van der Waals surface area (Å²) in [6.07, 6.45) is 1.12. The van der Waals surface area contributed by atoms with Gasteiger partial charge in [-0.15, -0.1) is 0 Å². The van der Waals surface area contributed by atoms with Crippen LogP contribution in [-0.2, 0) is 26.9 Å². The molecular formula is C15H20ClN3O4S2. The van der Waals surface area contributed by atoms with E-state index in [-0.39, 0.29) is 14.9 Å². The van der Waals surface area contributed by atoms with Crippen molar-refractivity contribution in [3.63, 3.8) is 0 Å². The van der Waals surface area contributed by atoms with Crippen molar-refractivity contribution in [1.82, 2.24) is 14.1 Å². The molecule has 0 saturated heterocycles. The maximum absolute atomic E-state index is 12.9. The van der Waals surface area contributed by atoms with Gasteiger partial charge in [0.1, 0.15) is 10.0 Å². The number of benzene rings is 1. The third-order valence-corrected chi connectivity index (χ3v) is 7.83. The second kappa shape index (κ2) is 6.71. The summed E-state index contributed by atoms with van der Waals surface area (Å²) < 4.78 is 51.4. The monoisotopic (exact) mass is 405 g/mol. The van der Waals surface area contributed by atoms with Crippen molar-refractivity contribution in [2.45, 2.75) is 29.7 Å². The minimum atomic E-state index is -3.87. The molecule has 0 N–H and O–H groups in total. The highest BCUT2D eigenvalue weighted by atomic mass is 35.5. The lowest BCUT2D eigenvalue weighted by Gasteiger charge is -2.24. The van der Waals surface area contributed by atoms with E-state index in [4.69, 9.17) is 11.6 Å². The van der Waals surface area contributed by atoms with Crippen molar-refractivity contribution in [1.29, 1.82) is 0 Å². The van der Waals surface area contributed by atoms with Crippen LogP contribution in [0.5, 0.6) is 0 Å². The molecule has 25 heavy (non-hydrogen) atoms. The first kappa shape index (κ1) is 19.9. The zero-order valence-electron chi connectivity index (χ0n) is 14.6. The minimum Gasteiger partial charge on any atom is -0.255 e. The van der Waals surface area contributed by atoms with Gasteiger partial charge in [0, 0.05) is 26.4 Å². The topological polar surface area (TPSA) is 89.3 Å². The highest BCUT2D eigenvalue weighted by Gasteiger charge is 2.32. The average molecular weight is 406 g/mol. The van der Waals surface area contributed by atoms with Crippen molar-refractivity contribution in [2.24, 2.45) is 7.05 Å². The zero-order valence-corrected chi connectivity index (χ0v) is 16.9. The Labute approximate surface area is 153 Å². The Morgan fingerprint density at radius 3 is 2.08 bits per heavy atom. The number of aromatic nitrogens is 2. The van der Waals surface area contributed by atoms with E-state index in [9.17, 15) is 16.8 Å². The number of rotatable bonds is 5. The summed E-state index contributed by atoms with van der Waals surface area (Å²) >= 11 is 6.09. The minimum absolute atomic E-state index is 0.0289. The van der Waals surface area contributed by atoms with Crippen molar-refractivity contribution >= 4 is 31.5 Å². The Kier molecular flexibility index (Phi) is 5.34. The van der Waals surface area contributed by atoms with E-state index in [1.165, 1.54) is 28.2 Å². The molecule has 1 heterocycles. The fourth-order valence-electron chi connectivity index (χ4n) is 2.46. The number of nitrogens with zero attached hydrogens (tertiary/aromatic N) is 3. The molecule has 0 aliphatic heterocycles. The SMILES string of the molecule is Cc1nn(C)c(Cl)c1S(=O)(=O)N(C)C(C)c1ccc(S(C)(=O)=O)cc1. The summed E-state index contributed by atoms with van der Waals surface area (Å²) in [7, 11) is -4.15. The Hall–Kier alpha value is -1.42. The van der Waals surface area contributed by atoms with Crippen LogP contribution in [0.2, 0.25) is 5.15 Å². The van der Waals surface area contributed by atoms with Crippen LogP contribution in [0.15, 0.2) is 34.1 Å². The smallest absolute Gasteiger partial charge is 0.248 e. The van der Waals surface area contributed by atoms with Crippen LogP contribution in [-0.4, -0.2) is 44.2 Å². The Balaban J connectivity index is 2.40. The number of aryl methyl sites for hydroxylation is 2. The molecule has 0 spiro atoms. The molecule has 10 heteroatoms. The molecule has 0 bridgehead atoms. The molecular weight excluding hydrogens is 386 g/mol. The number of sulfone groups is 1. The number of halogens is 1. The molecule has 7 nitrogen and oxygen atoms in total. The summed E-state index contributed by atoms with van der Waals surface area (Å²) in [6, 6.07) is 5.61.